The lowest BCUT2D eigenvalue weighted by atomic mass is 9.97. The predicted octanol–water partition coefficient (Wildman–Crippen LogP) is 3.31. The van der Waals surface area contributed by atoms with Crippen molar-refractivity contribution >= 4 is 0 Å². The number of aliphatic hydroxyl groups is 1. The second kappa shape index (κ2) is 9.12. The Kier molecular flexibility index (Phi) is 7.70. The third-order valence-electron chi connectivity index (χ3n) is 3.21. The zero-order valence-corrected chi connectivity index (χ0v) is 11.8. The minimum atomic E-state index is 0.360. The van der Waals surface area contributed by atoms with E-state index in [1.807, 2.05) is 0 Å². The molecule has 1 saturated heterocycles. The molecule has 0 saturated carbocycles. The molecule has 0 unspecified atom stereocenters. The van der Waals surface area contributed by atoms with Crippen molar-refractivity contribution in [3.05, 3.63) is 35.9 Å². The fourth-order valence-electron chi connectivity index (χ4n) is 2.17. The third-order valence-corrected chi connectivity index (χ3v) is 3.21. The summed E-state index contributed by atoms with van der Waals surface area (Å²) in [6, 6.07) is 10.6. The van der Waals surface area contributed by atoms with Crippen LogP contribution in [0.5, 0.6) is 0 Å². The van der Waals surface area contributed by atoms with Gasteiger partial charge in [0, 0.05) is 13.2 Å². The van der Waals surface area contributed by atoms with Crippen LogP contribution in [0.3, 0.4) is 0 Å². The molecule has 1 aliphatic rings. The molecule has 0 aromatic heterocycles. The largest absolute Gasteiger partial charge is 0.396 e. The quantitative estimate of drug-likeness (QED) is 0.888. The number of hydrogen-bond donors (Lipinski definition) is 1. The maximum Gasteiger partial charge on any atom is 0.0460 e. The highest BCUT2D eigenvalue weighted by molar-refractivity contribution is 5.14. The van der Waals surface area contributed by atoms with Gasteiger partial charge in [0.05, 0.1) is 0 Å². The third kappa shape index (κ3) is 5.65. The van der Waals surface area contributed by atoms with Gasteiger partial charge in [0.1, 0.15) is 0 Å². The van der Waals surface area contributed by atoms with E-state index >= 15 is 0 Å². The molecule has 18 heavy (non-hydrogen) atoms. The highest BCUT2D eigenvalue weighted by Gasteiger charge is 2.17. The van der Waals surface area contributed by atoms with Crippen molar-refractivity contribution in [3.63, 3.8) is 0 Å². The van der Waals surface area contributed by atoms with Crippen molar-refractivity contribution in [1.29, 1.82) is 0 Å². The van der Waals surface area contributed by atoms with E-state index in [-0.39, 0.29) is 0 Å². The van der Waals surface area contributed by atoms with Gasteiger partial charge in [-0.25, -0.2) is 0 Å². The van der Waals surface area contributed by atoms with Crippen LogP contribution in [0.4, 0.5) is 0 Å². The Hall–Kier alpha value is -0.860. The van der Waals surface area contributed by atoms with Gasteiger partial charge in [0.15, 0.2) is 0 Å². The lowest BCUT2D eigenvalue weighted by Crippen LogP contribution is -2.34. The van der Waals surface area contributed by atoms with Crippen LogP contribution in [0.2, 0.25) is 0 Å². The van der Waals surface area contributed by atoms with Gasteiger partial charge < -0.3 is 5.11 Å². The average molecular weight is 249 g/mol. The van der Waals surface area contributed by atoms with Crippen LogP contribution in [0.25, 0.3) is 0 Å². The topological polar surface area (TPSA) is 23.5 Å². The monoisotopic (exact) mass is 249 g/mol. The maximum absolute atomic E-state index is 9.05. The minimum Gasteiger partial charge on any atom is -0.396 e. The van der Waals surface area contributed by atoms with Gasteiger partial charge in [-0.2, -0.15) is 0 Å². The van der Waals surface area contributed by atoms with Crippen LogP contribution in [-0.2, 0) is 6.54 Å². The van der Waals surface area contributed by atoms with Crippen LogP contribution in [0.1, 0.15) is 38.7 Å². The van der Waals surface area contributed by atoms with Crippen LogP contribution in [-0.4, -0.2) is 29.7 Å². The fourth-order valence-corrected chi connectivity index (χ4v) is 2.17. The fraction of sp³-hybridized carbons (Fsp3) is 0.625. The van der Waals surface area contributed by atoms with Crippen molar-refractivity contribution in [2.45, 2.75) is 39.7 Å². The van der Waals surface area contributed by atoms with Gasteiger partial charge in [-0.15, -0.1) is 0 Å². The second-order valence-electron chi connectivity index (χ2n) is 5.09. The summed E-state index contributed by atoms with van der Waals surface area (Å²) in [5, 5.41) is 9.05. The zero-order chi connectivity index (χ0) is 13.2. The number of hydrogen-bond acceptors (Lipinski definition) is 2. The first kappa shape index (κ1) is 15.2. The first-order valence-electron chi connectivity index (χ1n) is 7.17. The maximum atomic E-state index is 9.05. The van der Waals surface area contributed by atoms with Crippen molar-refractivity contribution in [1.82, 2.24) is 4.90 Å². The van der Waals surface area contributed by atoms with E-state index in [2.05, 4.69) is 49.1 Å². The van der Waals surface area contributed by atoms with E-state index in [1.54, 1.807) is 0 Å². The van der Waals surface area contributed by atoms with Crippen molar-refractivity contribution < 1.29 is 5.11 Å². The summed E-state index contributed by atoms with van der Waals surface area (Å²) in [5.41, 5.74) is 1.39. The first-order chi connectivity index (χ1) is 8.80. The normalized spacial score (nSPS) is 17.1. The molecular formula is C16H27NO. The SMILES string of the molecule is CCC.OCC1CCN(Cc2ccccc2)CC1. The lowest BCUT2D eigenvalue weighted by Gasteiger charge is -2.30. The molecule has 0 bridgehead atoms. The predicted molar refractivity (Wildman–Crippen MR) is 77.5 cm³/mol. The van der Waals surface area contributed by atoms with Gasteiger partial charge in [0.2, 0.25) is 0 Å². The molecule has 1 fully saturated rings. The molecule has 0 amide bonds. The van der Waals surface area contributed by atoms with E-state index < -0.39 is 0 Å². The summed E-state index contributed by atoms with van der Waals surface area (Å²) in [7, 11) is 0. The summed E-state index contributed by atoms with van der Waals surface area (Å²) in [6.45, 7) is 7.92. The van der Waals surface area contributed by atoms with Gasteiger partial charge in [-0.3, -0.25) is 4.90 Å². The van der Waals surface area contributed by atoms with Crippen molar-refractivity contribution in [3.8, 4) is 0 Å². The highest BCUT2D eigenvalue weighted by Crippen LogP contribution is 2.18. The Bertz CT molecular complexity index is 291. The smallest absolute Gasteiger partial charge is 0.0460 e. The Morgan fingerprint density at radius 2 is 1.67 bits per heavy atom. The van der Waals surface area contributed by atoms with E-state index in [0.717, 1.165) is 32.5 Å². The van der Waals surface area contributed by atoms with E-state index in [0.29, 0.717) is 12.5 Å². The molecule has 2 rings (SSSR count). The van der Waals surface area contributed by atoms with Gasteiger partial charge in [-0.1, -0.05) is 50.6 Å². The van der Waals surface area contributed by atoms with Crippen LogP contribution < -0.4 is 0 Å². The molecule has 1 aromatic carbocycles. The van der Waals surface area contributed by atoms with Crippen LogP contribution in [0.15, 0.2) is 30.3 Å². The van der Waals surface area contributed by atoms with Gasteiger partial charge in [-0.05, 0) is 37.4 Å². The highest BCUT2D eigenvalue weighted by atomic mass is 16.3. The lowest BCUT2D eigenvalue weighted by molar-refractivity contribution is 0.127. The number of likely N-dealkylation sites (tertiary alicyclic amines) is 1. The molecule has 0 atom stereocenters. The molecule has 1 N–H and O–H groups in total. The number of piperidine rings is 1. The second-order valence-corrected chi connectivity index (χ2v) is 5.09. The van der Waals surface area contributed by atoms with Crippen molar-refractivity contribution in [2.75, 3.05) is 19.7 Å². The molecule has 0 radical (unpaired) electrons. The molecule has 1 aliphatic heterocycles. The summed E-state index contributed by atoms with van der Waals surface area (Å²) in [4.78, 5) is 2.47. The Labute approximate surface area is 112 Å². The molecule has 0 aliphatic carbocycles. The Morgan fingerprint density at radius 3 is 2.17 bits per heavy atom. The number of benzene rings is 1. The number of nitrogens with zero attached hydrogens (tertiary/aromatic N) is 1. The molecule has 2 nitrogen and oxygen atoms in total. The van der Waals surface area contributed by atoms with E-state index in [1.165, 1.54) is 12.0 Å². The summed E-state index contributed by atoms with van der Waals surface area (Å²) < 4.78 is 0. The standard InChI is InChI=1S/C13H19NO.C3H8/c15-11-13-6-8-14(9-7-13)10-12-4-2-1-3-5-12;1-3-2/h1-5,13,15H,6-11H2;3H2,1-2H3. The zero-order valence-electron chi connectivity index (χ0n) is 11.8. The molecule has 2 heteroatoms. The molecule has 102 valence electrons. The molecule has 1 aromatic rings. The number of rotatable bonds is 3. The average Bonchev–Trinajstić information content (AvgIpc) is 2.42. The Morgan fingerprint density at radius 1 is 1.11 bits per heavy atom. The van der Waals surface area contributed by atoms with Crippen molar-refractivity contribution in [2.24, 2.45) is 5.92 Å². The first-order valence-corrected chi connectivity index (χ1v) is 7.17. The summed E-state index contributed by atoms with van der Waals surface area (Å²) in [6.07, 6.45) is 3.53. The summed E-state index contributed by atoms with van der Waals surface area (Å²) in [5.74, 6) is 0.539. The molecule has 1 heterocycles. The van der Waals surface area contributed by atoms with Gasteiger partial charge >= 0.3 is 0 Å². The Balaban J connectivity index is 0.000000492. The van der Waals surface area contributed by atoms with Crippen LogP contribution >= 0.6 is 0 Å². The van der Waals surface area contributed by atoms with Crippen LogP contribution in [0, 0.1) is 5.92 Å². The molecular weight excluding hydrogens is 222 g/mol. The van der Waals surface area contributed by atoms with E-state index in [4.69, 9.17) is 5.11 Å². The van der Waals surface area contributed by atoms with E-state index in [9.17, 15) is 0 Å². The molecule has 0 spiro atoms. The number of aliphatic hydroxyl groups excluding tert-OH is 1. The summed E-state index contributed by atoms with van der Waals surface area (Å²) >= 11 is 0. The minimum absolute atomic E-state index is 0.360. The van der Waals surface area contributed by atoms with Gasteiger partial charge in [0.25, 0.3) is 0 Å².